The van der Waals surface area contributed by atoms with Gasteiger partial charge < -0.3 is 10.8 Å². The van der Waals surface area contributed by atoms with E-state index in [1.54, 1.807) is 0 Å². The van der Waals surface area contributed by atoms with Gasteiger partial charge >= 0.3 is 0 Å². The molecule has 0 bridgehead atoms. The normalized spacial score (nSPS) is 26.7. The maximum atomic E-state index is 10.5. The van der Waals surface area contributed by atoms with Crippen LogP contribution in [0, 0.1) is 11.8 Å². The lowest BCUT2D eigenvalue weighted by Crippen LogP contribution is -2.25. The molecule has 1 aromatic rings. The molecular formula is C15H23NO. The van der Waals surface area contributed by atoms with Gasteiger partial charge in [0.2, 0.25) is 0 Å². The molecule has 3 N–H and O–H groups in total. The smallest absolute Gasteiger partial charge is 0.0840 e. The van der Waals surface area contributed by atoms with E-state index in [1.165, 1.54) is 19.3 Å². The van der Waals surface area contributed by atoms with Gasteiger partial charge in [0, 0.05) is 11.3 Å². The van der Waals surface area contributed by atoms with Gasteiger partial charge in [-0.15, -0.1) is 0 Å². The van der Waals surface area contributed by atoms with Gasteiger partial charge in [-0.3, -0.25) is 0 Å². The van der Waals surface area contributed by atoms with Crippen molar-refractivity contribution >= 4 is 5.69 Å². The van der Waals surface area contributed by atoms with Crippen LogP contribution in [-0.4, -0.2) is 5.11 Å². The van der Waals surface area contributed by atoms with Crippen molar-refractivity contribution in [2.24, 2.45) is 11.8 Å². The summed E-state index contributed by atoms with van der Waals surface area (Å²) in [6, 6.07) is 7.71. The van der Waals surface area contributed by atoms with E-state index in [0.717, 1.165) is 24.1 Å². The number of para-hydroxylation sites is 1. The van der Waals surface area contributed by atoms with Crippen LogP contribution in [0.3, 0.4) is 0 Å². The van der Waals surface area contributed by atoms with Gasteiger partial charge in [0.1, 0.15) is 0 Å². The molecule has 1 aliphatic rings. The molecular weight excluding hydrogens is 210 g/mol. The van der Waals surface area contributed by atoms with E-state index in [-0.39, 0.29) is 6.10 Å². The molecule has 0 radical (unpaired) electrons. The highest BCUT2D eigenvalue weighted by atomic mass is 16.3. The number of hydrogen-bond donors (Lipinski definition) is 2. The fraction of sp³-hybridized carbons (Fsp3) is 0.600. The minimum atomic E-state index is -0.388. The average Bonchev–Trinajstić information content (AvgIpc) is 2.38. The Hall–Kier alpha value is -1.02. The van der Waals surface area contributed by atoms with E-state index in [1.807, 2.05) is 24.3 Å². The Morgan fingerprint density at radius 2 is 2.00 bits per heavy atom. The van der Waals surface area contributed by atoms with Crippen LogP contribution in [0.15, 0.2) is 24.3 Å². The Labute approximate surface area is 104 Å². The van der Waals surface area contributed by atoms with Crippen LogP contribution in [0.2, 0.25) is 0 Å². The quantitative estimate of drug-likeness (QED) is 0.785. The number of hydrogen-bond acceptors (Lipinski definition) is 2. The molecule has 2 heteroatoms. The van der Waals surface area contributed by atoms with Crippen molar-refractivity contribution in [1.82, 2.24) is 0 Å². The van der Waals surface area contributed by atoms with E-state index >= 15 is 0 Å². The number of nitrogen functional groups attached to an aromatic ring is 1. The topological polar surface area (TPSA) is 46.2 Å². The monoisotopic (exact) mass is 233 g/mol. The first kappa shape index (κ1) is 12.4. The van der Waals surface area contributed by atoms with Gasteiger partial charge in [-0.25, -0.2) is 0 Å². The SMILES string of the molecule is CCC1CCCCC1C(O)c1ccccc1N. The van der Waals surface area contributed by atoms with Crippen molar-refractivity contribution < 1.29 is 5.11 Å². The Kier molecular flexibility index (Phi) is 4.06. The van der Waals surface area contributed by atoms with Crippen LogP contribution in [0.1, 0.15) is 50.7 Å². The number of rotatable bonds is 3. The molecule has 1 saturated carbocycles. The molecule has 0 heterocycles. The first-order valence-electron chi connectivity index (χ1n) is 6.76. The summed E-state index contributed by atoms with van der Waals surface area (Å²) in [6.45, 7) is 2.23. The summed E-state index contributed by atoms with van der Waals surface area (Å²) in [5.41, 5.74) is 7.59. The predicted molar refractivity (Wildman–Crippen MR) is 71.6 cm³/mol. The Balaban J connectivity index is 2.18. The Morgan fingerprint density at radius 1 is 1.29 bits per heavy atom. The zero-order chi connectivity index (χ0) is 12.3. The van der Waals surface area contributed by atoms with Gasteiger partial charge in [0.25, 0.3) is 0 Å². The lowest BCUT2D eigenvalue weighted by atomic mass is 9.73. The van der Waals surface area contributed by atoms with Gasteiger partial charge in [0.15, 0.2) is 0 Å². The van der Waals surface area contributed by atoms with Gasteiger partial charge in [0.05, 0.1) is 6.10 Å². The van der Waals surface area contributed by atoms with Crippen molar-refractivity contribution in [3.05, 3.63) is 29.8 Å². The summed E-state index contributed by atoms with van der Waals surface area (Å²) >= 11 is 0. The van der Waals surface area contributed by atoms with Gasteiger partial charge in [-0.2, -0.15) is 0 Å². The third-order valence-corrected chi connectivity index (χ3v) is 4.21. The van der Waals surface area contributed by atoms with Crippen molar-refractivity contribution in [2.45, 2.75) is 45.1 Å². The number of benzene rings is 1. The molecule has 1 aromatic carbocycles. The molecule has 2 rings (SSSR count). The maximum absolute atomic E-state index is 10.5. The van der Waals surface area contributed by atoms with Crippen LogP contribution >= 0.6 is 0 Å². The lowest BCUT2D eigenvalue weighted by molar-refractivity contribution is 0.0457. The summed E-state index contributed by atoms with van der Waals surface area (Å²) in [4.78, 5) is 0. The maximum Gasteiger partial charge on any atom is 0.0840 e. The molecule has 0 spiro atoms. The molecule has 0 saturated heterocycles. The van der Waals surface area contributed by atoms with Crippen molar-refractivity contribution in [3.8, 4) is 0 Å². The highest BCUT2D eigenvalue weighted by Gasteiger charge is 2.31. The molecule has 1 fully saturated rings. The summed E-state index contributed by atoms with van der Waals surface area (Å²) in [7, 11) is 0. The highest BCUT2D eigenvalue weighted by Crippen LogP contribution is 2.41. The van der Waals surface area contributed by atoms with Gasteiger partial charge in [-0.1, -0.05) is 50.8 Å². The third kappa shape index (κ3) is 2.63. The summed E-state index contributed by atoms with van der Waals surface area (Å²) < 4.78 is 0. The molecule has 0 amide bonds. The zero-order valence-electron chi connectivity index (χ0n) is 10.6. The number of nitrogens with two attached hydrogens (primary N) is 1. The molecule has 2 nitrogen and oxygen atoms in total. The van der Waals surface area contributed by atoms with Crippen LogP contribution < -0.4 is 5.73 Å². The minimum Gasteiger partial charge on any atom is -0.398 e. The molecule has 0 aromatic heterocycles. The van der Waals surface area contributed by atoms with E-state index in [4.69, 9.17) is 5.73 Å². The van der Waals surface area contributed by atoms with E-state index < -0.39 is 0 Å². The van der Waals surface area contributed by atoms with Crippen LogP contribution in [0.25, 0.3) is 0 Å². The van der Waals surface area contributed by atoms with E-state index in [2.05, 4.69) is 6.92 Å². The number of anilines is 1. The fourth-order valence-electron chi connectivity index (χ4n) is 3.17. The van der Waals surface area contributed by atoms with Crippen LogP contribution in [0.5, 0.6) is 0 Å². The first-order valence-corrected chi connectivity index (χ1v) is 6.76. The summed E-state index contributed by atoms with van der Waals surface area (Å²) in [5.74, 6) is 1.04. The van der Waals surface area contributed by atoms with Crippen molar-refractivity contribution in [3.63, 3.8) is 0 Å². The molecule has 3 unspecified atom stereocenters. The molecule has 94 valence electrons. The van der Waals surface area contributed by atoms with Crippen LogP contribution in [0.4, 0.5) is 5.69 Å². The average molecular weight is 233 g/mol. The van der Waals surface area contributed by atoms with Crippen molar-refractivity contribution in [2.75, 3.05) is 5.73 Å². The first-order chi connectivity index (χ1) is 8.24. The second kappa shape index (κ2) is 5.54. The largest absolute Gasteiger partial charge is 0.398 e. The highest BCUT2D eigenvalue weighted by molar-refractivity contribution is 5.47. The van der Waals surface area contributed by atoms with E-state index in [9.17, 15) is 5.11 Å². The van der Waals surface area contributed by atoms with Gasteiger partial charge in [-0.05, 0) is 24.3 Å². The molecule has 1 aliphatic carbocycles. The summed E-state index contributed by atoms with van der Waals surface area (Å²) in [6.07, 6.45) is 5.71. The van der Waals surface area contributed by atoms with E-state index in [0.29, 0.717) is 11.8 Å². The zero-order valence-corrected chi connectivity index (χ0v) is 10.6. The molecule has 17 heavy (non-hydrogen) atoms. The van der Waals surface area contributed by atoms with Crippen LogP contribution in [-0.2, 0) is 0 Å². The molecule has 0 aliphatic heterocycles. The Bertz CT molecular complexity index is 364. The lowest BCUT2D eigenvalue weighted by Gasteiger charge is -2.34. The predicted octanol–water partition coefficient (Wildman–Crippen LogP) is 3.52. The third-order valence-electron chi connectivity index (χ3n) is 4.21. The standard InChI is InChI=1S/C15H23NO/c1-2-11-7-3-4-8-12(11)15(17)13-9-5-6-10-14(13)16/h5-6,9-12,15,17H,2-4,7-8,16H2,1H3. The number of aliphatic hydroxyl groups is 1. The fourth-order valence-corrected chi connectivity index (χ4v) is 3.17. The number of aliphatic hydroxyl groups excluding tert-OH is 1. The second-order valence-electron chi connectivity index (χ2n) is 5.19. The summed E-state index contributed by atoms with van der Waals surface area (Å²) in [5, 5.41) is 10.5. The second-order valence-corrected chi connectivity index (χ2v) is 5.19. The Morgan fingerprint density at radius 3 is 2.71 bits per heavy atom. The molecule has 3 atom stereocenters. The minimum absolute atomic E-state index is 0.387. The van der Waals surface area contributed by atoms with Crippen molar-refractivity contribution in [1.29, 1.82) is 0 Å².